The van der Waals surface area contributed by atoms with Crippen molar-refractivity contribution in [1.82, 2.24) is 9.88 Å². The van der Waals surface area contributed by atoms with Gasteiger partial charge in [-0.25, -0.2) is 24.2 Å². The Morgan fingerprint density at radius 1 is 0.763 bits per heavy atom. The molecule has 0 saturated heterocycles. The number of hydrogen-bond acceptors (Lipinski definition) is 8. The lowest BCUT2D eigenvalue weighted by atomic mass is 10.1. The van der Waals surface area contributed by atoms with Gasteiger partial charge in [0.25, 0.3) is 0 Å². The second-order valence-corrected chi connectivity index (χ2v) is 7.87. The molecular formula is C25H28N4O9. The summed E-state index contributed by atoms with van der Waals surface area (Å²) in [6.45, 7) is 1.05. The smallest absolute Gasteiger partial charge is 0.414 e. The standard InChI is InChI=1S/C21H24N4O.2C2H2O4/c1-24(2)20-13-19(17-11-7-8-12-18(17)22-20)23-21(26)15-25(3)14-16-9-5-4-6-10-16;2*3-1(4)2(5)6/h4-13H,14-15H2,1-3H3,(H,22,23,26);2*(H,3,4)(H,5,6). The number of amides is 1. The van der Waals surface area contributed by atoms with Crippen LogP contribution in [-0.2, 0) is 30.5 Å². The number of anilines is 2. The number of carbonyl (C=O) groups is 5. The van der Waals surface area contributed by atoms with Crippen LogP contribution in [0.25, 0.3) is 10.9 Å². The maximum Gasteiger partial charge on any atom is 0.414 e. The monoisotopic (exact) mass is 528 g/mol. The summed E-state index contributed by atoms with van der Waals surface area (Å²) in [6, 6.07) is 19.9. The molecule has 0 aliphatic rings. The Bertz CT molecular complexity index is 1230. The number of carbonyl (C=O) groups excluding carboxylic acids is 1. The molecule has 0 aliphatic carbocycles. The molecule has 3 rings (SSSR count). The third-order valence-electron chi connectivity index (χ3n) is 4.51. The molecule has 0 aliphatic heterocycles. The molecule has 0 radical (unpaired) electrons. The van der Waals surface area contributed by atoms with Crippen LogP contribution in [0.15, 0.2) is 60.7 Å². The minimum Gasteiger partial charge on any atom is -0.473 e. The molecule has 1 aromatic heterocycles. The summed E-state index contributed by atoms with van der Waals surface area (Å²) in [5.74, 6) is -6.52. The van der Waals surface area contributed by atoms with Gasteiger partial charge >= 0.3 is 23.9 Å². The molecule has 0 spiro atoms. The van der Waals surface area contributed by atoms with E-state index >= 15 is 0 Å². The molecule has 0 fully saturated rings. The predicted octanol–water partition coefficient (Wildman–Crippen LogP) is 1.68. The summed E-state index contributed by atoms with van der Waals surface area (Å²) in [7, 11) is 5.83. The molecule has 13 nitrogen and oxygen atoms in total. The SMILES string of the molecule is CN(CC(=O)Nc1cc(N(C)C)nc2ccccc12)Cc1ccccc1.O=C(O)C(=O)O.O=C(O)C(=O)O. The Morgan fingerprint density at radius 3 is 1.76 bits per heavy atom. The highest BCUT2D eigenvalue weighted by Gasteiger charge is 2.12. The van der Waals surface area contributed by atoms with Gasteiger partial charge in [0.15, 0.2) is 0 Å². The van der Waals surface area contributed by atoms with Crippen LogP contribution in [0.4, 0.5) is 11.5 Å². The molecule has 2 aromatic carbocycles. The first-order valence-corrected chi connectivity index (χ1v) is 10.8. The summed E-state index contributed by atoms with van der Waals surface area (Å²) >= 11 is 0. The Morgan fingerprint density at radius 2 is 1.26 bits per heavy atom. The number of likely N-dealkylation sites (N-methyl/N-ethyl adjacent to an activating group) is 1. The van der Waals surface area contributed by atoms with Crippen LogP contribution in [0, 0.1) is 0 Å². The Hall–Kier alpha value is -5.04. The third-order valence-corrected chi connectivity index (χ3v) is 4.51. The van der Waals surface area contributed by atoms with E-state index in [1.54, 1.807) is 0 Å². The van der Waals surface area contributed by atoms with Crippen molar-refractivity contribution >= 4 is 52.2 Å². The van der Waals surface area contributed by atoms with E-state index in [0.717, 1.165) is 29.0 Å². The van der Waals surface area contributed by atoms with Gasteiger partial charge in [-0.1, -0.05) is 48.5 Å². The van der Waals surface area contributed by atoms with Gasteiger partial charge in [-0.05, 0) is 18.7 Å². The van der Waals surface area contributed by atoms with Gasteiger partial charge in [-0.2, -0.15) is 0 Å². The van der Waals surface area contributed by atoms with Crippen LogP contribution < -0.4 is 10.2 Å². The third kappa shape index (κ3) is 11.1. The number of aromatic nitrogens is 1. The predicted molar refractivity (Wildman–Crippen MR) is 138 cm³/mol. The number of fused-ring (bicyclic) bond motifs is 1. The number of pyridine rings is 1. The average molecular weight is 529 g/mol. The van der Waals surface area contributed by atoms with E-state index in [0.29, 0.717) is 6.54 Å². The normalized spacial score (nSPS) is 9.79. The molecule has 0 saturated carbocycles. The van der Waals surface area contributed by atoms with Crippen LogP contribution in [0.3, 0.4) is 0 Å². The maximum absolute atomic E-state index is 12.6. The zero-order valence-corrected chi connectivity index (χ0v) is 20.9. The number of aliphatic carboxylic acids is 4. The summed E-state index contributed by atoms with van der Waals surface area (Å²) in [5.41, 5.74) is 2.84. The number of carboxylic acids is 4. The second-order valence-electron chi connectivity index (χ2n) is 7.87. The van der Waals surface area contributed by atoms with E-state index in [-0.39, 0.29) is 5.91 Å². The van der Waals surface area contributed by atoms with Crippen molar-refractivity contribution in [3.05, 3.63) is 66.2 Å². The lowest BCUT2D eigenvalue weighted by Gasteiger charge is -2.18. The van der Waals surface area contributed by atoms with Gasteiger partial charge in [0.2, 0.25) is 5.91 Å². The molecular weight excluding hydrogens is 500 g/mol. The van der Waals surface area contributed by atoms with Crippen LogP contribution in [-0.4, -0.2) is 87.8 Å². The van der Waals surface area contributed by atoms with Crippen LogP contribution in [0.2, 0.25) is 0 Å². The van der Waals surface area contributed by atoms with Gasteiger partial charge in [0.05, 0.1) is 17.7 Å². The van der Waals surface area contributed by atoms with E-state index in [9.17, 15) is 4.79 Å². The van der Waals surface area contributed by atoms with Crippen molar-refractivity contribution in [1.29, 1.82) is 0 Å². The van der Waals surface area contributed by atoms with Crippen molar-refractivity contribution in [3.63, 3.8) is 0 Å². The zero-order chi connectivity index (χ0) is 28.8. The maximum atomic E-state index is 12.6. The Kier molecular flexibility index (Phi) is 12.4. The van der Waals surface area contributed by atoms with Gasteiger partial charge < -0.3 is 30.6 Å². The Labute approximate surface area is 217 Å². The molecule has 13 heteroatoms. The molecule has 3 aromatic rings. The van der Waals surface area contributed by atoms with Gasteiger partial charge in [0, 0.05) is 32.1 Å². The summed E-state index contributed by atoms with van der Waals surface area (Å²) in [4.78, 5) is 57.5. The minimum atomic E-state index is -1.82. The number of para-hydroxylation sites is 1. The fourth-order valence-electron chi connectivity index (χ4n) is 2.88. The topological polar surface area (TPSA) is 198 Å². The van der Waals surface area contributed by atoms with Crippen molar-refractivity contribution in [2.75, 3.05) is 37.9 Å². The highest BCUT2D eigenvalue weighted by atomic mass is 16.4. The molecule has 202 valence electrons. The van der Waals surface area contributed by atoms with Gasteiger partial charge in [-0.3, -0.25) is 9.69 Å². The number of nitrogens with one attached hydrogen (secondary N) is 1. The number of hydrogen-bond donors (Lipinski definition) is 5. The van der Waals surface area contributed by atoms with E-state index in [4.69, 9.17) is 39.6 Å². The summed E-state index contributed by atoms with van der Waals surface area (Å²) in [5, 5.41) is 33.6. The van der Waals surface area contributed by atoms with E-state index < -0.39 is 23.9 Å². The second kappa shape index (κ2) is 15.2. The van der Waals surface area contributed by atoms with Crippen molar-refractivity contribution in [2.45, 2.75) is 6.54 Å². The molecule has 0 unspecified atom stereocenters. The van der Waals surface area contributed by atoms with Gasteiger partial charge in [0.1, 0.15) is 5.82 Å². The highest BCUT2D eigenvalue weighted by molar-refractivity contribution is 6.27. The van der Waals surface area contributed by atoms with E-state index in [2.05, 4.69) is 22.4 Å². The van der Waals surface area contributed by atoms with Crippen LogP contribution in [0.1, 0.15) is 5.56 Å². The number of benzene rings is 2. The summed E-state index contributed by atoms with van der Waals surface area (Å²) < 4.78 is 0. The number of nitrogens with zero attached hydrogens (tertiary/aromatic N) is 3. The summed E-state index contributed by atoms with van der Waals surface area (Å²) in [6.07, 6.45) is 0. The van der Waals surface area contributed by atoms with Crippen LogP contribution in [0.5, 0.6) is 0 Å². The number of carboxylic acid groups (broad SMARTS) is 4. The first-order chi connectivity index (χ1) is 17.8. The molecule has 0 atom stereocenters. The molecule has 5 N–H and O–H groups in total. The molecule has 0 bridgehead atoms. The zero-order valence-electron chi connectivity index (χ0n) is 20.9. The fourth-order valence-corrected chi connectivity index (χ4v) is 2.88. The van der Waals surface area contributed by atoms with E-state index in [1.807, 2.05) is 79.5 Å². The highest BCUT2D eigenvalue weighted by Crippen LogP contribution is 2.26. The van der Waals surface area contributed by atoms with Crippen LogP contribution >= 0.6 is 0 Å². The Balaban J connectivity index is 0.000000503. The van der Waals surface area contributed by atoms with E-state index in [1.165, 1.54) is 5.56 Å². The number of rotatable bonds is 6. The first-order valence-electron chi connectivity index (χ1n) is 10.8. The quantitative estimate of drug-likeness (QED) is 0.291. The van der Waals surface area contributed by atoms with Crippen molar-refractivity contribution in [2.24, 2.45) is 0 Å². The minimum absolute atomic E-state index is 0.0375. The average Bonchev–Trinajstić information content (AvgIpc) is 2.85. The lowest BCUT2D eigenvalue weighted by molar-refractivity contribution is -0.159. The molecule has 1 amide bonds. The fraction of sp³-hybridized carbons (Fsp3) is 0.200. The first kappa shape index (κ1) is 31.0. The van der Waals surface area contributed by atoms with Crippen molar-refractivity contribution < 1.29 is 44.4 Å². The van der Waals surface area contributed by atoms with Gasteiger partial charge in [-0.15, -0.1) is 0 Å². The molecule has 1 heterocycles. The largest absolute Gasteiger partial charge is 0.473 e. The lowest BCUT2D eigenvalue weighted by Crippen LogP contribution is -2.30. The molecule has 38 heavy (non-hydrogen) atoms. The van der Waals surface area contributed by atoms with Crippen molar-refractivity contribution in [3.8, 4) is 0 Å².